The average molecular weight is 238 g/mol. The van der Waals surface area contributed by atoms with Gasteiger partial charge in [-0.15, -0.1) is 0 Å². The van der Waals surface area contributed by atoms with E-state index in [1.807, 2.05) is 0 Å². The number of rotatable bonds is 3. The third-order valence-electron chi connectivity index (χ3n) is 2.95. The zero-order chi connectivity index (χ0) is 12.4. The van der Waals surface area contributed by atoms with Crippen molar-refractivity contribution in [1.29, 1.82) is 5.26 Å². The minimum Gasteiger partial charge on any atom is -0.393 e. The number of benzene rings is 1. The molecule has 2 N–H and O–H groups in total. The standard InChI is InChI=1S/C12H12F2N2O/c13-10-3-7(5-15)4-11(14)12(10)16-6-8-1-9(17)2-8/h3-4,8-9,16-17H,1-2,6H2. The molecular formula is C12H12F2N2O. The van der Waals surface area contributed by atoms with Crippen molar-refractivity contribution < 1.29 is 13.9 Å². The van der Waals surface area contributed by atoms with Gasteiger partial charge in [0.2, 0.25) is 0 Å². The summed E-state index contributed by atoms with van der Waals surface area (Å²) in [5, 5.41) is 20.3. The molecule has 3 nitrogen and oxygen atoms in total. The second kappa shape index (κ2) is 4.68. The SMILES string of the molecule is N#Cc1cc(F)c(NCC2CC(O)C2)c(F)c1. The Kier molecular flexibility index (Phi) is 3.25. The Morgan fingerprint density at radius 2 is 1.94 bits per heavy atom. The van der Waals surface area contributed by atoms with Crippen molar-refractivity contribution in [2.45, 2.75) is 18.9 Å². The Morgan fingerprint density at radius 1 is 1.35 bits per heavy atom. The van der Waals surface area contributed by atoms with E-state index in [0.717, 1.165) is 12.1 Å². The zero-order valence-electron chi connectivity index (χ0n) is 9.08. The van der Waals surface area contributed by atoms with Gasteiger partial charge in [-0.1, -0.05) is 0 Å². The molecule has 90 valence electrons. The number of hydrogen-bond acceptors (Lipinski definition) is 3. The molecule has 17 heavy (non-hydrogen) atoms. The van der Waals surface area contributed by atoms with Gasteiger partial charge < -0.3 is 10.4 Å². The van der Waals surface area contributed by atoms with Crippen LogP contribution in [0.25, 0.3) is 0 Å². The molecule has 1 fully saturated rings. The van der Waals surface area contributed by atoms with E-state index in [0.29, 0.717) is 19.4 Å². The predicted octanol–water partition coefficient (Wildman–Crippen LogP) is 2.02. The predicted molar refractivity (Wildman–Crippen MR) is 58.3 cm³/mol. The molecule has 0 aromatic heterocycles. The maximum atomic E-state index is 13.4. The lowest BCUT2D eigenvalue weighted by atomic mass is 9.82. The van der Waals surface area contributed by atoms with E-state index in [1.54, 1.807) is 6.07 Å². The maximum absolute atomic E-state index is 13.4. The minimum absolute atomic E-state index is 0.0374. The molecule has 5 heteroatoms. The highest BCUT2D eigenvalue weighted by molar-refractivity contribution is 5.50. The first-order valence-electron chi connectivity index (χ1n) is 5.41. The van der Waals surface area contributed by atoms with Crippen molar-refractivity contribution in [2.24, 2.45) is 5.92 Å². The fourth-order valence-electron chi connectivity index (χ4n) is 1.92. The first-order chi connectivity index (χ1) is 8.10. The molecule has 0 aliphatic heterocycles. The van der Waals surface area contributed by atoms with Gasteiger partial charge in [0.15, 0.2) is 11.6 Å². The van der Waals surface area contributed by atoms with Crippen LogP contribution in [0.3, 0.4) is 0 Å². The van der Waals surface area contributed by atoms with Gasteiger partial charge in [0.05, 0.1) is 17.7 Å². The summed E-state index contributed by atoms with van der Waals surface area (Å²) in [5.74, 6) is -1.28. The topological polar surface area (TPSA) is 56.0 Å². The van der Waals surface area contributed by atoms with Crippen LogP contribution >= 0.6 is 0 Å². The van der Waals surface area contributed by atoms with Crippen LogP contribution in [0.15, 0.2) is 12.1 Å². The normalized spacial score (nSPS) is 22.7. The number of aliphatic hydroxyl groups excluding tert-OH is 1. The van der Waals surface area contributed by atoms with Gasteiger partial charge in [-0.3, -0.25) is 0 Å². The lowest BCUT2D eigenvalue weighted by molar-refractivity contribution is 0.0486. The first kappa shape index (κ1) is 11.8. The highest BCUT2D eigenvalue weighted by Gasteiger charge is 2.27. The van der Waals surface area contributed by atoms with Crippen molar-refractivity contribution >= 4 is 5.69 Å². The molecule has 0 spiro atoms. The Bertz CT molecular complexity index is 441. The van der Waals surface area contributed by atoms with Gasteiger partial charge in [0.1, 0.15) is 5.69 Å². The van der Waals surface area contributed by atoms with E-state index in [-0.39, 0.29) is 23.3 Å². The van der Waals surface area contributed by atoms with Gasteiger partial charge in [-0.2, -0.15) is 5.26 Å². The monoisotopic (exact) mass is 238 g/mol. The van der Waals surface area contributed by atoms with Crippen LogP contribution in [0.1, 0.15) is 18.4 Å². The lowest BCUT2D eigenvalue weighted by Crippen LogP contribution is -2.33. The number of nitrogens with one attached hydrogen (secondary N) is 1. The molecule has 0 amide bonds. The summed E-state index contributed by atoms with van der Waals surface area (Å²) in [6.07, 6.45) is 1.04. The Balaban J connectivity index is 2.03. The van der Waals surface area contributed by atoms with Gasteiger partial charge in [-0.05, 0) is 30.9 Å². The molecule has 2 rings (SSSR count). The van der Waals surface area contributed by atoms with Gasteiger partial charge in [0.25, 0.3) is 0 Å². The molecule has 0 saturated heterocycles. The Labute approximate surface area is 97.7 Å². The molecule has 1 aliphatic rings. The molecule has 1 saturated carbocycles. The van der Waals surface area contributed by atoms with E-state index in [9.17, 15) is 8.78 Å². The third kappa shape index (κ3) is 2.53. The van der Waals surface area contributed by atoms with Gasteiger partial charge in [0, 0.05) is 6.54 Å². The van der Waals surface area contributed by atoms with Crippen LogP contribution in [0.4, 0.5) is 14.5 Å². The quantitative estimate of drug-likeness (QED) is 0.847. The maximum Gasteiger partial charge on any atom is 0.150 e. The van der Waals surface area contributed by atoms with E-state index in [2.05, 4.69) is 5.32 Å². The molecule has 0 heterocycles. The Hall–Kier alpha value is -1.67. The minimum atomic E-state index is -0.763. The van der Waals surface area contributed by atoms with Crippen LogP contribution < -0.4 is 5.32 Å². The summed E-state index contributed by atoms with van der Waals surface area (Å²) >= 11 is 0. The zero-order valence-corrected chi connectivity index (χ0v) is 9.08. The summed E-state index contributed by atoms with van der Waals surface area (Å²) in [6, 6.07) is 3.69. The number of nitrogens with zero attached hydrogens (tertiary/aromatic N) is 1. The van der Waals surface area contributed by atoms with Crippen molar-refractivity contribution in [2.75, 3.05) is 11.9 Å². The third-order valence-corrected chi connectivity index (χ3v) is 2.95. The van der Waals surface area contributed by atoms with Crippen LogP contribution in [-0.2, 0) is 0 Å². The van der Waals surface area contributed by atoms with E-state index < -0.39 is 11.6 Å². The van der Waals surface area contributed by atoms with Crippen molar-refractivity contribution in [1.82, 2.24) is 0 Å². The molecule has 0 unspecified atom stereocenters. The summed E-state index contributed by atoms with van der Waals surface area (Å²) in [6.45, 7) is 0.427. The first-order valence-corrected chi connectivity index (χ1v) is 5.41. The second-order valence-corrected chi connectivity index (χ2v) is 4.30. The van der Waals surface area contributed by atoms with E-state index in [4.69, 9.17) is 10.4 Å². The van der Waals surface area contributed by atoms with E-state index in [1.165, 1.54) is 0 Å². The highest BCUT2D eigenvalue weighted by Crippen LogP contribution is 2.28. The van der Waals surface area contributed by atoms with Crippen molar-refractivity contribution in [3.8, 4) is 6.07 Å². The largest absolute Gasteiger partial charge is 0.393 e. The number of nitriles is 1. The molecule has 0 atom stereocenters. The smallest absolute Gasteiger partial charge is 0.150 e. The Morgan fingerprint density at radius 3 is 2.41 bits per heavy atom. The van der Waals surface area contributed by atoms with Gasteiger partial charge in [-0.25, -0.2) is 8.78 Å². The molecular weight excluding hydrogens is 226 g/mol. The number of anilines is 1. The van der Waals surface area contributed by atoms with Crippen LogP contribution in [-0.4, -0.2) is 17.8 Å². The van der Waals surface area contributed by atoms with Gasteiger partial charge >= 0.3 is 0 Å². The second-order valence-electron chi connectivity index (χ2n) is 4.30. The molecule has 1 aromatic carbocycles. The average Bonchev–Trinajstić information content (AvgIpc) is 2.24. The number of halogens is 2. The van der Waals surface area contributed by atoms with Crippen LogP contribution in [0.2, 0.25) is 0 Å². The molecule has 0 bridgehead atoms. The number of aliphatic hydroxyl groups is 1. The summed E-state index contributed by atoms with van der Waals surface area (Å²) in [4.78, 5) is 0. The van der Waals surface area contributed by atoms with E-state index >= 15 is 0 Å². The van der Waals surface area contributed by atoms with Crippen molar-refractivity contribution in [3.63, 3.8) is 0 Å². The highest BCUT2D eigenvalue weighted by atomic mass is 19.1. The summed E-state index contributed by atoms with van der Waals surface area (Å²) in [5.41, 5.74) is -0.241. The fraction of sp³-hybridized carbons (Fsp3) is 0.417. The summed E-state index contributed by atoms with van der Waals surface area (Å²) < 4.78 is 26.9. The molecule has 1 aliphatic carbocycles. The van der Waals surface area contributed by atoms with Crippen molar-refractivity contribution in [3.05, 3.63) is 29.3 Å². The molecule has 1 aromatic rings. The molecule has 0 radical (unpaired) electrons. The lowest BCUT2D eigenvalue weighted by Gasteiger charge is -2.31. The van der Waals surface area contributed by atoms with Crippen LogP contribution in [0, 0.1) is 28.9 Å². The summed E-state index contributed by atoms with van der Waals surface area (Å²) in [7, 11) is 0. The fourth-order valence-corrected chi connectivity index (χ4v) is 1.92. The van der Waals surface area contributed by atoms with Crippen LogP contribution in [0.5, 0.6) is 0 Å². The number of hydrogen-bond donors (Lipinski definition) is 2.